The fraction of sp³-hybridized carbons (Fsp3) is 0.0417. The van der Waals surface area contributed by atoms with Gasteiger partial charge in [0.2, 0.25) is 0 Å². The second-order valence-corrected chi connectivity index (χ2v) is 12.9. The fourth-order valence-electron chi connectivity index (χ4n) is 7.32. The second kappa shape index (κ2) is 14.2. The zero-order valence-corrected chi connectivity index (χ0v) is 28.3. The highest BCUT2D eigenvalue weighted by molar-refractivity contribution is 5.95. The topological polar surface area (TPSA) is 50.1 Å². The first-order valence-corrected chi connectivity index (χ1v) is 17.5. The molecule has 0 bridgehead atoms. The molecule has 7 aromatic rings. The number of nitrogens with one attached hydrogen (secondary N) is 2. The molecule has 1 unspecified atom stereocenters. The van der Waals surface area contributed by atoms with E-state index in [9.17, 15) is 0 Å². The first-order valence-electron chi connectivity index (χ1n) is 17.5. The number of allylic oxidation sites excluding steroid dienone is 1. The third-order valence-corrected chi connectivity index (χ3v) is 9.67. The van der Waals surface area contributed by atoms with Crippen LogP contribution in [0.15, 0.2) is 206 Å². The van der Waals surface area contributed by atoms with E-state index in [1.165, 1.54) is 0 Å². The van der Waals surface area contributed by atoms with Crippen molar-refractivity contribution in [3.05, 3.63) is 217 Å². The minimum absolute atomic E-state index is 0.662. The van der Waals surface area contributed by atoms with Gasteiger partial charge in [-0.05, 0) is 64.1 Å². The van der Waals surface area contributed by atoms with Crippen molar-refractivity contribution >= 4 is 22.6 Å². The summed E-state index contributed by atoms with van der Waals surface area (Å²) in [6.07, 6.45) is 5.06. The van der Waals surface area contributed by atoms with E-state index in [0.29, 0.717) is 6.42 Å². The van der Waals surface area contributed by atoms with Crippen molar-refractivity contribution in [3.8, 4) is 33.4 Å². The highest BCUT2D eigenvalue weighted by Gasteiger charge is 2.38. The summed E-state index contributed by atoms with van der Waals surface area (Å²) >= 11 is 0. The number of para-hydroxylation sites is 1. The summed E-state index contributed by atoms with van der Waals surface area (Å²) < 4.78 is 0. The van der Waals surface area contributed by atoms with Crippen LogP contribution in [0.5, 0.6) is 0 Å². The SMILES string of the molecule is NC1(c2ccccc2-c2ccccc2)CC=CC(Nc2cccc(Nc3ccccc3-c3ccccc3)c2-c2ccccc2)=C1c1ccccc1. The highest BCUT2D eigenvalue weighted by Crippen LogP contribution is 2.47. The van der Waals surface area contributed by atoms with Crippen LogP contribution in [0.3, 0.4) is 0 Å². The quantitative estimate of drug-likeness (QED) is 0.145. The van der Waals surface area contributed by atoms with E-state index in [-0.39, 0.29) is 0 Å². The first kappa shape index (κ1) is 31.8. The van der Waals surface area contributed by atoms with Crippen molar-refractivity contribution in [1.29, 1.82) is 0 Å². The molecule has 0 fully saturated rings. The van der Waals surface area contributed by atoms with E-state index in [1.807, 2.05) is 0 Å². The summed E-state index contributed by atoms with van der Waals surface area (Å²) in [7, 11) is 0. The average Bonchev–Trinajstić information content (AvgIpc) is 3.20. The normalized spacial score (nSPS) is 15.4. The number of anilines is 3. The molecule has 7 aromatic carbocycles. The smallest absolute Gasteiger partial charge is 0.0732 e. The standard InChI is InChI=1S/C48H39N3/c49-48(41-29-15-13-27-39(41)35-19-5-1-6-20-35)34-18-33-45(47(48)38-25-11-4-12-26-38)51-44-32-17-31-43(46(44)37-23-9-3-10-24-37)50-42-30-16-14-28-40(42)36-21-7-2-8-22-36/h1-33,50-51H,34,49H2. The van der Waals surface area contributed by atoms with Gasteiger partial charge >= 0.3 is 0 Å². The molecule has 3 nitrogen and oxygen atoms in total. The lowest BCUT2D eigenvalue weighted by molar-refractivity contribution is 0.584. The van der Waals surface area contributed by atoms with Crippen LogP contribution in [-0.4, -0.2) is 0 Å². The summed E-state index contributed by atoms with van der Waals surface area (Å²) in [5.41, 5.74) is 20.9. The lowest BCUT2D eigenvalue weighted by atomic mass is 9.72. The van der Waals surface area contributed by atoms with Crippen molar-refractivity contribution < 1.29 is 0 Å². The molecule has 0 aliphatic heterocycles. The van der Waals surface area contributed by atoms with Crippen LogP contribution in [-0.2, 0) is 5.54 Å². The van der Waals surface area contributed by atoms with Crippen LogP contribution in [0.1, 0.15) is 17.5 Å². The molecule has 51 heavy (non-hydrogen) atoms. The largest absolute Gasteiger partial charge is 0.355 e. The molecule has 0 amide bonds. The number of hydrogen-bond donors (Lipinski definition) is 3. The van der Waals surface area contributed by atoms with Crippen LogP contribution in [0.2, 0.25) is 0 Å². The monoisotopic (exact) mass is 657 g/mol. The third-order valence-electron chi connectivity index (χ3n) is 9.67. The molecule has 1 aliphatic rings. The summed E-state index contributed by atoms with van der Waals surface area (Å²) in [6.45, 7) is 0. The maximum Gasteiger partial charge on any atom is 0.0732 e. The van der Waals surface area contributed by atoms with Crippen molar-refractivity contribution in [2.45, 2.75) is 12.0 Å². The van der Waals surface area contributed by atoms with Gasteiger partial charge in [-0.25, -0.2) is 0 Å². The van der Waals surface area contributed by atoms with Gasteiger partial charge in [0, 0.05) is 39.5 Å². The van der Waals surface area contributed by atoms with Gasteiger partial charge in [0.1, 0.15) is 0 Å². The van der Waals surface area contributed by atoms with Gasteiger partial charge in [-0.2, -0.15) is 0 Å². The van der Waals surface area contributed by atoms with E-state index in [2.05, 4.69) is 211 Å². The molecule has 0 spiro atoms. The number of hydrogen-bond acceptors (Lipinski definition) is 3. The van der Waals surface area contributed by atoms with E-state index < -0.39 is 5.54 Å². The maximum absolute atomic E-state index is 7.73. The number of rotatable bonds is 9. The van der Waals surface area contributed by atoms with Crippen molar-refractivity contribution in [1.82, 2.24) is 0 Å². The van der Waals surface area contributed by atoms with Gasteiger partial charge in [0.25, 0.3) is 0 Å². The van der Waals surface area contributed by atoms with Crippen molar-refractivity contribution in [2.24, 2.45) is 5.73 Å². The molecule has 3 heteroatoms. The lowest BCUT2D eigenvalue weighted by Crippen LogP contribution is -2.40. The van der Waals surface area contributed by atoms with Gasteiger partial charge in [-0.15, -0.1) is 0 Å². The molecule has 8 rings (SSSR count). The molecule has 1 atom stereocenters. The zero-order chi connectivity index (χ0) is 34.5. The minimum Gasteiger partial charge on any atom is -0.355 e. The van der Waals surface area contributed by atoms with Crippen LogP contribution in [0.4, 0.5) is 17.1 Å². The molecule has 0 saturated carbocycles. The van der Waals surface area contributed by atoms with Crippen molar-refractivity contribution in [2.75, 3.05) is 10.6 Å². The summed E-state index contributed by atoms with van der Waals surface area (Å²) in [4.78, 5) is 0. The predicted octanol–water partition coefficient (Wildman–Crippen LogP) is 12.1. The molecular weight excluding hydrogens is 619 g/mol. The van der Waals surface area contributed by atoms with E-state index in [1.54, 1.807) is 0 Å². The number of benzene rings is 7. The molecule has 0 aromatic heterocycles. The Bertz CT molecular complexity index is 2330. The Morgan fingerprint density at radius 2 is 0.882 bits per heavy atom. The Labute approximate surface area is 300 Å². The van der Waals surface area contributed by atoms with E-state index in [4.69, 9.17) is 5.73 Å². The van der Waals surface area contributed by atoms with Crippen molar-refractivity contribution in [3.63, 3.8) is 0 Å². The Morgan fingerprint density at radius 3 is 1.53 bits per heavy atom. The van der Waals surface area contributed by atoms with Crippen LogP contribution < -0.4 is 16.4 Å². The van der Waals surface area contributed by atoms with Gasteiger partial charge in [0.15, 0.2) is 0 Å². The molecule has 0 heterocycles. The fourth-order valence-corrected chi connectivity index (χ4v) is 7.32. The Hall–Kier alpha value is -6.42. The molecule has 0 saturated heterocycles. The third kappa shape index (κ3) is 6.39. The average molecular weight is 658 g/mol. The molecular formula is C48H39N3. The zero-order valence-electron chi connectivity index (χ0n) is 28.3. The van der Waals surface area contributed by atoms with E-state index >= 15 is 0 Å². The summed E-state index contributed by atoms with van der Waals surface area (Å²) in [6, 6.07) is 65.7. The summed E-state index contributed by atoms with van der Waals surface area (Å²) in [5, 5.41) is 7.75. The van der Waals surface area contributed by atoms with Crippen LogP contribution in [0.25, 0.3) is 39.0 Å². The Balaban J connectivity index is 1.29. The first-order chi connectivity index (χ1) is 25.2. The van der Waals surface area contributed by atoms with Gasteiger partial charge < -0.3 is 16.4 Å². The Morgan fingerprint density at radius 1 is 0.412 bits per heavy atom. The molecule has 0 radical (unpaired) electrons. The summed E-state index contributed by atoms with van der Waals surface area (Å²) in [5.74, 6) is 0. The minimum atomic E-state index is -0.803. The van der Waals surface area contributed by atoms with Crippen LogP contribution >= 0.6 is 0 Å². The lowest BCUT2D eigenvalue weighted by Gasteiger charge is -2.38. The van der Waals surface area contributed by atoms with Gasteiger partial charge in [-0.1, -0.05) is 176 Å². The van der Waals surface area contributed by atoms with E-state index in [0.717, 1.165) is 72.8 Å². The maximum atomic E-state index is 7.73. The highest BCUT2D eigenvalue weighted by atomic mass is 14.9. The number of nitrogens with two attached hydrogens (primary N) is 1. The van der Waals surface area contributed by atoms with Gasteiger partial charge in [0.05, 0.1) is 5.54 Å². The molecule has 1 aliphatic carbocycles. The van der Waals surface area contributed by atoms with Gasteiger partial charge in [-0.3, -0.25) is 0 Å². The Kier molecular flexibility index (Phi) is 8.86. The second-order valence-electron chi connectivity index (χ2n) is 12.9. The molecule has 246 valence electrons. The van der Waals surface area contributed by atoms with Crippen LogP contribution in [0, 0.1) is 0 Å². The molecule has 4 N–H and O–H groups in total. The predicted molar refractivity (Wildman–Crippen MR) is 216 cm³/mol.